The van der Waals surface area contributed by atoms with Crippen LogP contribution in [0, 0.1) is 6.92 Å². The number of aryl methyl sites for hydroxylation is 1. The van der Waals surface area contributed by atoms with Crippen molar-refractivity contribution < 1.29 is 19.1 Å². The molecule has 0 aliphatic rings. The van der Waals surface area contributed by atoms with Gasteiger partial charge in [0.15, 0.2) is 5.16 Å². The SMILES string of the molecule is C=C(C)C(=O)OCCCCCCSc1ncc(C)c(SCCCCCCOC(=O)C(=C)C)n1. The van der Waals surface area contributed by atoms with Crippen molar-refractivity contribution in [3.63, 3.8) is 0 Å². The molecular formula is C25H38N2O4S2. The Labute approximate surface area is 207 Å². The molecule has 0 saturated heterocycles. The largest absolute Gasteiger partial charge is 0.462 e. The van der Waals surface area contributed by atoms with Gasteiger partial charge in [0.1, 0.15) is 5.03 Å². The molecule has 0 bridgehead atoms. The third-order valence-corrected chi connectivity index (χ3v) is 6.74. The molecule has 0 aliphatic carbocycles. The molecule has 33 heavy (non-hydrogen) atoms. The highest BCUT2D eigenvalue weighted by Crippen LogP contribution is 2.24. The molecule has 184 valence electrons. The molecule has 1 heterocycles. The van der Waals surface area contributed by atoms with Gasteiger partial charge >= 0.3 is 11.9 Å². The summed E-state index contributed by atoms with van der Waals surface area (Å²) < 4.78 is 10.2. The smallest absolute Gasteiger partial charge is 0.333 e. The lowest BCUT2D eigenvalue weighted by molar-refractivity contribution is -0.139. The van der Waals surface area contributed by atoms with Crippen molar-refractivity contribution in [3.05, 3.63) is 36.1 Å². The van der Waals surface area contributed by atoms with Gasteiger partial charge in [-0.1, -0.05) is 50.6 Å². The number of carbonyl (C=O) groups excluding carboxylic acids is 2. The van der Waals surface area contributed by atoms with E-state index in [9.17, 15) is 9.59 Å². The number of rotatable bonds is 18. The summed E-state index contributed by atoms with van der Waals surface area (Å²) in [5.74, 6) is 1.38. The van der Waals surface area contributed by atoms with Gasteiger partial charge < -0.3 is 9.47 Å². The first kappa shape index (κ1) is 29.2. The van der Waals surface area contributed by atoms with Crippen molar-refractivity contribution in [3.8, 4) is 0 Å². The van der Waals surface area contributed by atoms with E-state index in [0.717, 1.165) is 78.6 Å². The molecule has 0 unspecified atom stereocenters. The molecule has 0 spiro atoms. The minimum Gasteiger partial charge on any atom is -0.462 e. The molecule has 0 fully saturated rings. The summed E-state index contributed by atoms with van der Waals surface area (Å²) in [7, 11) is 0. The first-order valence-electron chi connectivity index (χ1n) is 11.6. The fraction of sp³-hybridized carbons (Fsp3) is 0.600. The molecule has 0 N–H and O–H groups in total. The van der Waals surface area contributed by atoms with Crippen molar-refractivity contribution in [1.29, 1.82) is 0 Å². The zero-order valence-corrected chi connectivity index (χ0v) is 22.0. The lowest BCUT2D eigenvalue weighted by Gasteiger charge is -2.07. The van der Waals surface area contributed by atoms with Crippen molar-refractivity contribution in [2.75, 3.05) is 24.7 Å². The van der Waals surface area contributed by atoms with Crippen molar-refractivity contribution in [2.24, 2.45) is 0 Å². The molecule has 0 amide bonds. The number of carbonyl (C=O) groups is 2. The maximum Gasteiger partial charge on any atom is 0.333 e. The van der Waals surface area contributed by atoms with Gasteiger partial charge in [-0.25, -0.2) is 19.6 Å². The van der Waals surface area contributed by atoms with Crippen LogP contribution < -0.4 is 0 Å². The van der Waals surface area contributed by atoms with Crippen molar-refractivity contribution >= 4 is 35.5 Å². The van der Waals surface area contributed by atoms with E-state index in [1.54, 1.807) is 37.4 Å². The highest BCUT2D eigenvalue weighted by atomic mass is 32.2. The second kappa shape index (κ2) is 17.6. The molecule has 1 rings (SSSR count). The molecule has 1 aromatic heterocycles. The van der Waals surface area contributed by atoms with Gasteiger partial charge in [-0.2, -0.15) is 0 Å². The summed E-state index contributed by atoms with van der Waals surface area (Å²) in [6.45, 7) is 13.4. The van der Waals surface area contributed by atoms with Crippen LogP contribution in [0.1, 0.15) is 70.8 Å². The highest BCUT2D eigenvalue weighted by Gasteiger charge is 2.06. The van der Waals surface area contributed by atoms with Crippen LogP contribution in [0.15, 0.2) is 40.7 Å². The molecular weight excluding hydrogens is 456 g/mol. The summed E-state index contributed by atoms with van der Waals surface area (Å²) in [4.78, 5) is 31.8. The van der Waals surface area contributed by atoms with E-state index in [0.29, 0.717) is 24.4 Å². The van der Waals surface area contributed by atoms with Gasteiger partial charge in [-0.05, 0) is 57.8 Å². The molecule has 0 aliphatic heterocycles. The van der Waals surface area contributed by atoms with Gasteiger partial charge in [-0.15, -0.1) is 11.8 Å². The minimum atomic E-state index is -0.308. The molecule has 0 atom stereocenters. The first-order chi connectivity index (χ1) is 15.8. The fourth-order valence-electron chi connectivity index (χ4n) is 2.65. The first-order valence-corrected chi connectivity index (χ1v) is 13.5. The number of hydrogen-bond donors (Lipinski definition) is 0. The Balaban J connectivity index is 2.13. The second-order valence-corrected chi connectivity index (χ2v) is 10.1. The Morgan fingerprint density at radius 2 is 1.30 bits per heavy atom. The summed E-state index contributed by atoms with van der Waals surface area (Å²) in [5, 5.41) is 1.89. The quantitative estimate of drug-likeness (QED) is 0.0585. The van der Waals surface area contributed by atoms with E-state index in [1.807, 2.05) is 13.1 Å². The summed E-state index contributed by atoms with van der Waals surface area (Å²) in [6, 6.07) is 0. The van der Waals surface area contributed by atoms with Crippen LogP contribution in [0.4, 0.5) is 0 Å². The van der Waals surface area contributed by atoms with Crippen LogP contribution in [0.25, 0.3) is 0 Å². The highest BCUT2D eigenvalue weighted by molar-refractivity contribution is 7.99. The second-order valence-electron chi connectivity index (χ2n) is 8.00. The topological polar surface area (TPSA) is 78.4 Å². The normalized spacial score (nSPS) is 10.6. The standard InChI is InChI=1S/C25H38N2O4S2/c1-19(2)23(28)30-14-10-6-8-12-16-32-22-21(5)18-26-25(27-22)33-17-13-9-7-11-15-31-24(29)20(3)4/h18H,1,3,6-17H2,2,4-5H3. The molecule has 0 aromatic carbocycles. The Morgan fingerprint density at radius 3 is 1.82 bits per heavy atom. The maximum atomic E-state index is 11.3. The van der Waals surface area contributed by atoms with Gasteiger partial charge in [0.2, 0.25) is 0 Å². The van der Waals surface area contributed by atoms with Crippen LogP contribution in [0.2, 0.25) is 0 Å². The average molecular weight is 495 g/mol. The lowest BCUT2D eigenvalue weighted by atomic mass is 10.2. The number of aromatic nitrogens is 2. The van der Waals surface area contributed by atoms with E-state index < -0.39 is 0 Å². The Bertz CT molecular complexity index is 784. The number of hydrogen-bond acceptors (Lipinski definition) is 8. The molecule has 6 nitrogen and oxygen atoms in total. The minimum absolute atomic E-state index is 0.305. The van der Waals surface area contributed by atoms with Crippen LogP contribution in [0.3, 0.4) is 0 Å². The third kappa shape index (κ3) is 14.1. The van der Waals surface area contributed by atoms with Crippen LogP contribution in [-0.2, 0) is 19.1 Å². The van der Waals surface area contributed by atoms with E-state index >= 15 is 0 Å². The van der Waals surface area contributed by atoms with Gasteiger partial charge in [0.05, 0.1) is 13.2 Å². The zero-order chi connectivity index (χ0) is 24.5. The summed E-state index contributed by atoms with van der Waals surface area (Å²) >= 11 is 3.47. The number of nitrogens with zero attached hydrogens (tertiary/aromatic N) is 2. The number of esters is 2. The zero-order valence-electron chi connectivity index (χ0n) is 20.3. The Hall–Kier alpha value is -1.80. The van der Waals surface area contributed by atoms with E-state index in [2.05, 4.69) is 18.1 Å². The third-order valence-electron chi connectivity index (χ3n) is 4.61. The summed E-state index contributed by atoms with van der Waals surface area (Å²) in [6.07, 6.45) is 10.1. The van der Waals surface area contributed by atoms with Gasteiger partial charge in [0, 0.05) is 23.1 Å². The maximum absolute atomic E-state index is 11.3. The van der Waals surface area contributed by atoms with Crippen LogP contribution in [-0.4, -0.2) is 46.6 Å². The van der Waals surface area contributed by atoms with E-state index in [-0.39, 0.29) is 11.9 Å². The Kier molecular flexibility index (Phi) is 15.6. The predicted octanol–water partition coefficient (Wildman–Crippen LogP) is 6.33. The van der Waals surface area contributed by atoms with Crippen molar-refractivity contribution in [1.82, 2.24) is 9.97 Å². The van der Waals surface area contributed by atoms with Gasteiger partial charge in [0.25, 0.3) is 0 Å². The molecule has 0 radical (unpaired) electrons. The average Bonchev–Trinajstić information content (AvgIpc) is 2.78. The fourth-order valence-corrected chi connectivity index (χ4v) is 4.50. The van der Waals surface area contributed by atoms with Gasteiger partial charge in [-0.3, -0.25) is 0 Å². The molecule has 1 aromatic rings. The van der Waals surface area contributed by atoms with E-state index in [1.165, 1.54) is 0 Å². The lowest BCUT2D eigenvalue weighted by Crippen LogP contribution is -2.06. The van der Waals surface area contributed by atoms with Crippen LogP contribution >= 0.6 is 23.5 Å². The number of thioether (sulfide) groups is 2. The molecule has 0 saturated carbocycles. The monoisotopic (exact) mass is 494 g/mol. The number of ether oxygens (including phenoxy) is 2. The predicted molar refractivity (Wildman–Crippen MR) is 137 cm³/mol. The summed E-state index contributed by atoms with van der Waals surface area (Å²) in [5.41, 5.74) is 2.00. The van der Waals surface area contributed by atoms with Crippen LogP contribution in [0.5, 0.6) is 0 Å². The Morgan fingerprint density at radius 1 is 0.818 bits per heavy atom. The number of unbranched alkanes of at least 4 members (excludes halogenated alkanes) is 6. The van der Waals surface area contributed by atoms with Crippen molar-refractivity contribution in [2.45, 2.75) is 82.3 Å². The molecule has 8 heteroatoms. The van der Waals surface area contributed by atoms with E-state index in [4.69, 9.17) is 14.5 Å².